The summed E-state index contributed by atoms with van der Waals surface area (Å²) in [5.41, 5.74) is 0. The molecule has 1 aliphatic rings. The summed E-state index contributed by atoms with van der Waals surface area (Å²) in [7, 11) is 0. The van der Waals surface area contributed by atoms with E-state index < -0.39 is 36.3 Å². The van der Waals surface area contributed by atoms with E-state index in [0.29, 0.717) is 4.90 Å². The molecule has 1 fully saturated rings. The van der Waals surface area contributed by atoms with Crippen LogP contribution in [0.25, 0.3) is 0 Å². The maximum absolute atomic E-state index is 11.9. The molecule has 0 aliphatic carbocycles. The molecule has 112 valence electrons. The van der Waals surface area contributed by atoms with Gasteiger partial charge in [-0.15, -0.1) is 0 Å². The summed E-state index contributed by atoms with van der Waals surface area (Å²) in [4.78, 5) is 48.6. The topological polar surface area (TPSA) is 86.8 Å². The number of carbonyl (C=O) groups excluding carboxylic acids is 4. The van der Waals surface area contributed by atoms with Crippen molar-refractivity contribution in [1.82, 2.24) is 15.1 Å². The van der Waals surface area contributed by atoms with Gasteiger partial charge in [0.05, 0.1) is 0 Å². The number of nitrogens with zero attached hydrogens (tertiary/aromatic N) is 2. The number of hydrogen-bond acceptors (Lipinski definition) is 4. The van der Waals surface area contributed by atoms with Gasteiger partial charge in [0.2, 0.25) is 5.91 Å². The number of nitrogens with one attached hydrogen (secondary N) is 1. The first-order chi connectivity index (χ1) is 9.29. The fourth-order valence-corrected chi connectivity index (χ4v) is 2.09. The van der Waals surface area contributed by atoms with Crippen LogP contribution >= 0.6 is 0 Å². The number of hydrogen-bond donors (Lipinski definition) is 1. The Labute approximate surface area is 118 Å². The second-order valence-corrected chi connectivity index (χ2v) is 5.20. The average molecular weight is 283 g/mol. The molecule has 1 aliphatic heterocycles. The van der Waals surface area contributed by atoms with Crippen LogP contribution in [0.1, 0.15) is 40.5 Å². The molecule has 1 N–H and O–H groups in total. The molecule has 1 rings (SSSR count). The summed E-state index contributed by atoms with van der Waals surface area (Å²) in [5, 5.41) is 2.69. The van der Waals surface area contributed by atoms with Crippen molar-refractivity contribution in [2.75, 3.05) is 6.54 Å². The fourth-order valence-electron chi connectivity index (χ4n) is 2.09. The van der Waals surface area contributed by atoms with Gasteiger partial charge in [0.1, 0.15) is 6.54 Å². The lowest BCUT2D eigenvalue weighted by molar-refractivity contribution is -0.144. The number of imide groups is 2. The predicted molar refractivity (Wildman–Crippen MR) is 71.6 cm³/mol. The van der Waals surface area contributed by atoms with E-state index in [1.165, 1.54) is 0 Å². The van der Waals surface area contributed by atoms with Crippen LogP contribution in [0, 0.1) is 0 Å². The normalized spacial score (nSPS) is 17.1. The molecular weight excluding hydrogens is 262 g/mol. The highest BCUT2D eigenvalue weighted by Gasteiger charge is 2.46. The lowest BCUT2D eigenvalue weighted by Gasteiger charge is -2.19. The molecule has 20 heavy (non-hydrogen) atoms. The zero-order chi connectivity index (χ0) is 15.4. The molecule has 1 saturated heterocycles. The van der Waals surface area contributed by atoms with Gasteiger partial charge in [0.25, 0.3) is 0 Å². The van der Waals surface area contributed by atoms with Crippen molar-refractivity contribution >= 4 is 23.8 Å². The number of amides is 5. The van der Waals surface area contributed by atoms with E-state index in [0.717, 1.165) is 17.7 Å². The Morgan fingerprint density at radius 1 is 1.15 bits per heavy atom. The van der Waals surface area contributed by atoms with Crippen molar-refractivity contribution < 1.29 is 19.2 Å². The maximum Gasteiger partial charge on any atom is 0.334 e. The van der Waals surface area contributed by atoms with E-state index in [2.05, 4.69) is 5.32 Å². The van der Waals surface area contributed by atoms with E-state index in [9.17, 15) is 19.2 Å². The Balaban J connectivity index is 2.68. The first-order valence-electron chi connectivity index (χ1n) is 6.77. The first-order valence-corrected chi connectivity index (χ1v) is 6.77. The second-order valence-electron chi connectivity index (χ2n) is 5.20. The molecular formula is C13H21N3O4. The summed E-state index contributed by atoms with van der Waals surface area (Å²) >= 11 is 0. The van der Waals surface area contributed by atoms with Crippen LogP contribution in [0.4, 0.5) is 4.79 Å². The number of urea groups is 1. The molecule has 5 amide bonds. The highest BCUT2D eigenvalue weighted by Crippen LogP contribution is 2.14. The molecule has 0 saturated carbocycles. The third-order valence-electron chi connectivity index (χ3n) is 3.03. The molecule has 0 bridgehead atoms. The first kappa shape index (κ1) is 16.1. The number of rotatable bonds is 6. The van der Waals surface area contributed by atoms with Crippen LogP contribution in [0.15, 0.2) is 0 Å². The quantitative estimate of drug-likeness (QED) is 0.567. The Morgan fingerprint density at radius 2 is 1.75 bits per heavy atom. The molecule has 0 unspecified atom stereocenters. The van der Waals surface area contributed by atoms with Gasteiger partial charge < -0.3 is 5.32 Å². The van der Waals surface area contributed by atoms with Crippen molar-refractivity contribution in [3.63, 3.8) is 0 Å². The van der Waals surface area contributed by atoms with E-state index in [4.69, 9.17) is 0 Å². The van der Waals surface area contributed by atoms with Crippen molar-refractivity contribution in [2.24, 2.45) is 0 Å². The Kier molecular flexibility index (Phi) is 5.24. The van der Waals surface area contributed by atoms with Crippen LogP contribution < -0.4 is 5.32 Å². The van der Waals surface area contributed by atoms with Crippen molar-refractivity contribution in [2.45, 2.75) is 52.6 Å². The summed E-state index contributed by atoms with van der Waals surface area (Å²) in [6, 6.07) is -1.17. The largest absolute Gasteiger partial charge is 0.352 e. The van der Waals surface area contributed by atoms with E-state index >= 15 is 0 Å². The van der Waals surface area contributed by atoms with Gasteiger partial charge in [0, 0.05) is 12.1 Å². The summed E-state index contributed by atoms with van der Waals surface area (Å²) < 4.78 is 0. The molecule has 0 spiro atoms. The molecule has 7 nitrogen and oxygen atoms in total. The predicted octanol–water partition coefficient (Wildman–Crippen LogP) is 0.490. The van der Waals surface area contributed by atoms with E-state index in [-0.39, 0.29) is 6.04 Å². The van der Waals surface area contributed by atoms with Gasteiger partial charge in [0.15, 0.2) is 0 Å². The van der Waals surface area contributed by atoms with Crippen molar-refractivity contribution in [3.05, 3.63) is 0 Å². The zero-order valence-corrected chi connectivity index (χ0v) is 12.3. The SMILES string of the molecule is CCC[C@H](C)NC(=O)CN1C(=O)C(=O)N(C(C)C)C1=O. The van der Waals surface area contributed by atoms with Gasteiger partial charge in [-0.05, 0) is 27.2 Å². The van der Waals surface area contributed by atoms with Crippen LogP contribution in [-0.4, -0.2) is 52.2 Å². The molecule has 1 heterocycles. The lowest BCUT2D eigenvalue weighted by Crippen LogP contribution is -2.44. The average Bonchev–Trinajstić information content (AvgIpc) is 2.53. The zero-order valence-electron chi connectivity index (χ0n) is 12.3. The highest BCUT2D eigenvalue weighted by molar-refractivity contribution is 6.45. The monoisotopic (exact) mass is 283 g/mol. The molecule has 0 aromatic heterocycles. The van der Waals surface area contributed by atoms with Crippen LogP contribution in [0.3, 0.4) is 0 Å². The van der Waals surface area contributed by atoms with Gasteiger partial charge in [-0.25, -0.2) is 9.69 Å². The van der Waals surface area contributed by atoms with E-state index in [1.807, 2.05) is 13.8 Å². The van der Waals surface area contributed by atoms with Gasteiger partial charge in [-0.3, -0.25) is 19.3 Å². The van der Waals surface area contributed by atoms with E-state index in [1.54, 1.807) is 13.8 Å². The van der Waals surface area contributed by atoms with Gasteiger partial charge in [-0.1, -0.05) is 13.3 Å². The summed E-state index contributed by atoms with van der Waals surface area (Å²) in [6.07, 6.45) is 1.73. The van der Waals surface area contributed by atoms with Crippen LogP contribution in [0.2, 0.25) is 0 Å². The highest BCUT2D eigenvalue weighted by atomic mass is 16.2. The molecule has 1 atom stereocenters. The second kappa shape index (κ2) is 6.49. The molecule has 0 aromatic rings. The van der Waals surface area contributed by atoms with Crippen LogP contribution in [0.5, 0.6) is 0 Å². The Morgan fingerprint density at radius 3 is 2.20 bits per heavy atom. The minimum absolute atomic E-state index is 0.0304. The third-order valence-corrected chi connectivity index (χ3v) is 3.03. The van der Waals surface area contributed by atoms with Gasteiger partial charge >= 0.3 is 17.8 Å². The van der Waals surface area contributed by atoms with Crippen LogP contribution in [-0.2, 0) is 14.4 Å². The van der Waals surface area contributed by atoms with Crippen molar-refractivity contribution in [1.29, 1.82) is 0 Å². The van der Waals surface area contributed by atoms with Crippen molar-refractivity contribution in [3.8, 4) is 0 Å². The third kappa shape index (κ3) is 3.34. The van der Waals surface area contributed by atoms with Gasteiger partial charge in [-0.2, -0.15) is 0 Å². The fraction of sp³-hybridized carbons (Fsp3) is 0.692. The number of carbonyl (C=O) groups is 4. The molecule has 0 radical (unpaired) electrons. The summed E-state index contributed by atoms with van der Waals surface area (Å²) in [5.74, 6) is -2.26. The smallest absolute Gasteiger partial charge is 0.334 e. The molecule has 7 heteroatoms. The minimum atomic E-state index is -0.943. The lowest BCUT2D eigenvalue weighted by atomic mass is 10.2. The summed E-state index contributed by atoms with van der Waals surface area (Å²) in [6.45, 7) is 6.70. The minimum Gasteiger partial charge on any atom is -0.352 e. The molecule has 0 aromatic carbocycles. The maximum atomic E-state index is 11.9. The Bertz CT molecular complexity index is 433. The Hall–Kier alpha value is -1.92. The standard InChI is InChI=1S/C13H21N3O4/c1-5-6-9(4)14-10(17)7-15-11(18)12(19)16(8(2)3)13(15)20/h8-9H,5-7H2,1-4H3,(H,14,17)/t9-/m0/s1.